The molecule has 0 unspecified atom stereocenters. The average Bonchev–Trinajstić information content (AvgIpc) is 3.52. The number of anilines is 1. The Bertz CT molecular complexity index is 1390. The van der Waals surface area contributed by atoms with Gasteiger partial charge < -0.3 is 5.32 Å². The zero-order valence-electron chi connectivity index (χ0n) is 17.8. The van der Waals surface area contributed by atoms with E-state index in [9.17, 15) is 9.59 Å². The Balaban J connectivity index is 1.48. The number of amides is 1. The van der Waals surface area contributed by atoms with Gasteiger partial charge in [0.1, 0.15) is 11.5 Å². The molecule has 0 spiro atoms. The van der Waals surface area contributed by atoms with E-state index in [4.69, 9.17) is 4.98 Å². The van der Waals surface area contributed by atoms with Crippen molar-refractivity contribution in [2.45, 2.75) is 43.5 Å². The van der Waals surface area contributed by atoms with Crippen molar-refractivity contribution >= 4 is 29.0 Å². The number of hydrogen-bond acceptors (Lipinski definition) is 6. The summed E-state index contributed by atoms with van der Waals surface area (Å²) >= 11 is 1.50. The molecule has 0 radical (unpaired) electrons. The van der Waals surface area contributed by atoms with Crippen LogP contribution >= 0.6 is 11.8 Å². The Morgan fingerprint density at radius 2 is 2.03 bits per heavy atom. The highest BCUT2D eigenvalue weighted by atomic mass is 32.2. The minimum atomic E-state index is -0.119. The van der Waals surface area contributed by atoms with E-state index in [1.807, 2.05) is 47.9 Å². The zero-order valence-corrected chi connectivity index (χ0v) is 18.6. The molecule has 1 saturated carbocycles. The number of nitrogens with one attached hydrogen (secondary N) is 1. The molecule has 1 N–H and O–H groups in total. The van der Waals surface area contributed by atoms with Crippen molar-refractivity contribution in [3.63, 3.8) is 0 Å². The SMILES string of the molecule is CC(=O)Nc1cccc(-n2c(SCc3cc(=O)n4cccc(C)c4n3)nnc2C2CC2)c1. The molecule has 3 aromatic heterocycles. The Kier molecular flexibility index (Phi) is 5.26. The number of benzene rings is 1. The van der Waals surface area contributed by atoms with E-state index in [-0.39, 0.29) is 11.5 Å². The summed E-state index contributed by atoms with van der Waals surface area (Å²) in [5.74, 6) is 1.70. The van der Waals surface area contributed by atoms with Crippen molar-refractivity contribution in [1.82, 2.24) is 24.1 Å². The molecule has 1 amide bonds. The molecule has 162 valence electrons. The quantitative estimate of drug-likeness (QED) is 0.454. The Morgan fingerprint density at radius 1 is 1.19 bits per heavy atom. The van der Waals surface area contributed by atoms with E-state index in [1.54, 1.807) is 16.7 Å². The Labute approximate surface area is 188 Å². The fraction of sp³-hybridized carbons (Fsp3) is 0.261. The lowest BCUT2D eigenvalue weighted by Gasteiger charge is -2.12. The number of aryl methyl sites for hydroxylation is 1. The summed E-state index contributed by atoms with van der Waals surface area (Å²) < 4.78 is 3.61. The third kappa shape index (κ3) is 4.03. The molecule has 1 aliphatic carbocycles. The highest BCUT2D eigenvalue weighted by Crippen LogP contribution is 2.41. The second kappa shape index (κ2) is 8.23. The molecule has 9 heteroatoms. The lowest BCUT2D eigenvalue weighted by Crippen LogP contribution is -2.15. The van der Waals surface area contributed by atoms with Gasteiger partial charge in [0.25, 0.3) is 5.56 Å². The predicted molar refractivity (Wildman–Crippen MR) is 123 cm³/mol. The van der Waals surface area contributed by atoms with E-state index in [0.717, 1.165) is 40.8 Å². The van der Waals surface area contributed by atoms with Gasteiger partial charge in [-0.05, 0) is 49.6 Å². The van der Waals surface area contributed by atoms with Crippen LogP contribution < -0.4 is 10.9 Å². The standard InChI is InChI=1S/C23H22N6O2S/c1-14-5-4-10-28-20(31)12-18(25-21(14)28)13-32-23-27-26-22(16-8-9-16)29(23)19-7-3-6-17(11-19)24-15(2)30/h3-7,10-12,16H,8-9,13H2,1-2H3,(H,24,30). The average molecular weight is 447 g/mol. The number of carbonyl (C=O) groups is 1. The van der Waals surface area contributed by atoms with E-state index < -0.39 is 0 Å². The van der Waals surface area contributed by atoms with Crippen LogP contribution in [0.3, 0.4) is 0 Å². The molecule has 5 rings (SSSR count). The highest BCUT2D eigenvalue weighted by Gasteiger charge is 2.31. The summed E-state index contributed by atoms with van der Waals surface area (Å²) in [6.07, 6.45) is 3.92. The van der Waals surface area contributed by atoms with Crippen molar-refractivity contribution in [3.8, 4) is 5.69 Å². The van der Waals surface area contributed by atoms with Gasteiger partial charge >= 0.3 is 0 Å². The number of fused-ring (bicyclic) bond motifs is 1. The summed E-state index contributed by atoms with van der Waals surface area (Å²) in [7, 11) is 0. The first-order valence-corrected chi connectivity index (χ1v) is 11.4. The number of rotatable bonds is 6. The minimum Gasteiger partial charge on any atom is -0.326 e. The molecule has 4 aromatic rings. The van der Waals surface area contributed by atoms with Gasteiger partial charge in [-0.2, -0.15) is 0 Å². The van der Waals surface area contributed by atoms with Crippen LogP contribution in [0.5, 0.6) is 0 Å². The van der Waals surface area contributed by atoms with Crippen LogP contribution in [0, 0.1) is 6.92 Å². The topological polar surface area (TPSA) is 94.2 Å². The van der Waals surface area contributed by atoms with Crippen LogP contribution in [-0.4, -0.2) is 30.1 Å². The molecule has 1 aliphatic rings. The molecule has 32 heavy (non-hydrogen) atoms. The largest absolute Gasteiger partial charge is 0.326 e. The second-order valence-corrected chi connectivity index (χ2v) is 8.88. The summed E-state index contributed by atoms with van der Waals surface area (Å²) in [6.45, 7) is 3.43. The number of thioether (sulfide) groups is 1. The van der Waals surface area contributed by atoms with E-state index >= 15 is 0 Å². The molecule has 1 fully saturated rings. The fourth-order valence-corrected chi connectivity index (χ4v) is 4.52. The second-order valence-electron chi connectivity index (χ2n) is 7.94. The highest BCUT2D eigenvalue weighted by molar-refractivity contribution is 7.98. The Hall–Kier alpha value is -3.46. The van der Waals surface area contributed by atoms with Crippen molar-refractivity contribution in [2.75, 3.05) is 5.32 Å². The van der Waals surface area contributed by atoms with Crippen molar-refractivity contribution in [1.29, 1.82) is 0 Å². The van der Waals surface area contributed by atoms with Gasteiger partial charge in [-0.3, -0.25) is 18.6 Å². The molecule has 0 aliphatic heterocycles. The lowest BCUT2D eigenvalue weighted by molar-refractivity contribution is -0.114. The van der Waals surface area contributed by atoms with Crippen LogP contribution in [0.4, 0.5) is 5.69 Å². The van der Waals surface area contributed by atoms with Gasteiger partial charge in [-0.1, -0.05) is 23.9 Å². The molecule has 0 bridgehead atoms. The number of aromatic nitrogens is 5. The smallest absolute Gasteiger partial charge is 0.258 e. The van der Waals surface area contributed by atoms with E-state index in [1.165, 1.54) is 18.7 Å². The van der Waals surface area contributed by atoms with E-state index in [0.29, 0.717) is 23.0 Å². The zero-order chi connectivity index (χ0) is 22.2. The predicted octanol–water partition coefficient (Wildman–Crippen LogP) is 3.71. The first-order chi connectivity index (χ1) is 15.5. The van der Waals surface area contributed by atoms with Crippen LogP contribution in [0.1, 0.15) is 42.8 Å². The van der Waals surface area contributed by atoms with Crippen LogP contribution in [0.15, 0.2) is 58.6 Å². The molecule has 3 heterocycles. The summed E-state index contributed by atoms with van der Waals surface area (Å²) in [5.41, 5.74) is 3.83. The fourth-order valence-electron chi connectivity index (χ4n) is 3.67. The van der Waals surface area contributed by atoms with Gasteiger partial charge in [0.15, 0.2) is 5.16 Å². The molecule has 8 nitrogen and oxygen atoms in total. The van der Waals surface area contributed by atoms with E-state index in [2.05, 4.69) is 15.5 Å². The van der Waals surface area contributed by atoms with Crippen molar-refractivity contribution in [3.05, 3.63) is 76.1 Å². The third-order valence-electron chi connectivity index (χ3n) is 5.31. The molecular formula is C23H22N6O2S. The first-order valence-electron chi connectivity index (χ1n) is 10.4. The summed E-state index contributed by atoms with van der Waals surface area (Å²) in [6, 6.07) is 13.0. The lowest BCUT2D eigenvalue weighted by atomic mass is 10.2. The van der Waals surface area contributed by atoms with Crippen LogP contribution in [0.25, 0.3) is 11.3 Å². The van der Waals surface area contributed by atoms with Crippen molar-refractivity contribution in [2.24, 2.45) is 0 Å². The normalized spacial score (nSPS) is 13.4. The summed E-state index contributed by atoms with van der Waals surface area (Å²) in [4.78, 5) is 28.7. The van der Waals surface area contributed by atoms with Gasteiger partial charge in [-0.25, -0.2) is 4.98 Å². The van der Waals surface area contributed by atoms with Gasteiger partial charge in [0.2, 0.25) is 5.91 Å². The first kappa shape index (κ1) is 20.4. The van der Waals surface area contributed by atoms with Crippen molar-refractivity contribution < 1.29 is 4.79 Å². The van der Waals surface area contributed by atoms with Crippen LogP contribution in [0.2, 0.25) is 0 Å². The molecule has 0 saturated heterocycles. The number of carbonyl (C=O) groups excluding carboxylic acids is 1. The van der Waals surface area contributed by atoms with Crippen LogP contribution in [-0.2, 0) is 10.5 Å². The van der Waals surface area contributed by atoms with Gasteiger partial charge in [-0.15, -0.1) is 10.2 Å². The molecular weight excluding hydrogens is 424 g/mol. The van der Waals surface area contributed by atoms with Gasteiger partial charge in [0, 0.05) is 36.5 Å². The maximum atomic E-state index is 12.5. The third-order valence-corrected chi connectivity index (χ3v) is 6.28. The Morgan fingerprint density at radius 3 is 2.81 bits per heavy atom. The molecule has 0 atom stereocenters. The number of nitrogens with zero attached hydrogens (tertiary/aromatic N) is 5. The number of hydrogen-bond donors (Lipinski definition) is 1. The molecule has 1 aromatic carbocycles. The number of pyridine rings is 1. The monoisotopic (exact) mass is 446 g/mol. The maximum Gasteiger partial charge on any atom is 0.258 e. The maximum absolute atomic E-state index is 12.5. The minimum absolute atomic E-state index is 0.0996. The van der Waals surface area contributed by atoms with Gasteiger partial charge in [0.05, 0.1) is 11.4 Å². The summed E-state index contributed by atoms with van der Waals surface area (Å²) in [5, 5.41) is 12.5.